The zero-order chi connectivity index (χ0) is 11.4. The first-order valence-electron chi connectivity index (χ1n) is 4.79. The van der Waals surface area contributed by atoms with Crippen LogP contribution in [0.25, 0.3) is 11.1 Å². The van der Waals surface area contributed by atoms with Gasteiger partial charge in [-0.3, -0.25) is 0 Å². The van der Waals surface area contributed by atoms with Gasteiger partial charge in [-0.05, 0) is 17.7 Å². The van der Waals surface area contributed by atoms with Crippen molar-refractivity contribution >= 4 is 23.6 Å². The highest BCUT2D eigenvalue weighted by Gasteiger charge is 2.08. The van der Waals surface area contributed by atoms with Crippen LogP contribution >= 0.6 is 15.9 Å². The molecule has 0 aliphatic heterocycles. The van der Waals surface area contributed by atoms with Gasteiger partial charge in [-0.15, -0.1) is 0 Å². The third-order valence-electron chi connectivity index (χ3n) is 2.23. The molecule has 0 saturated carbocycles. The Balaban J connectivity index is 2.51. The summed E-state index contributed by atoms with van der Waals surface area (Å²) in [6.45, 7) is 0. The van der Waals surface area contributed by atoms with Crippen LogP contribution in [-0.2, 0) is 0 Å². The minimum atomic E-state index is 0.622. The summed E-state index contributed by atoms with van der Waals surface area (Å²) in [7, 11) is 0.690. The van der Waals surface area contributed by atoms with Gasteiger partial charge >= 0.3 is 7.69 Å². The van der Waals surface area contributed by atoms with Crippen molar-refractivity contribution in [3.05, 3.63) is 53.0 Å². The van der Waals surface area contributed by atoms with Gasteiger partial charge in [0, 0.05) is 10.0 Å². The Labute approximate surface area is 103 Å². The second kappa shape index (κ2) is 5.19. The lowest BCUT2D eigenvalue weighted by Crippen LogP contribution is -2.01. The van der Waals surface area contributed by atoms with E-state index >= 15 is 0 Å². The van der Waals surface area contributed by atoms with Crippen LogP contribution < -0.4 is 4.65 Å². The normalized spacial score (nSPS) is 9.88. The number of hydrogen-bond acceptors (Lipinski definition) is 2. The maximum atomic E-state index is 8.70. The third-order valence-corrected chi connectivity index (χ3v) is 2.92. The molecule has 2 nitrogen and oxygen atoms in total. The van der Waals surface area contributed by atoms with Gasteiger partial charge in [0.05, 0.1) is 0 Å². The molecule has 2 rings (SSSR count). The van der Waals surface area contributed by atoms with E-state index in [-0.39, 0.29) is 0 Å². The van der Waals surface area contributed by atoms with Crippen LogP contribution in [0.5, 0.6) is 5.75 Å². The van der Waals surface area contributed by atoms with Gasteiger partial charge in [0.15, 0.2) is 0 Å². The Morgan fingerprint density at radius 2 is 1.56 bits per heavy atom. The number of hydrogen-bond donors (Lipinski definition) is 1. The molecule has 1 radical (unpaired) electrons. The summed E-state index contributed by atoms with van der Waals surface area (Å²) in [6, 6.07) is 15.4. The van der Waals surface area contributed by atoms with Crippen molar-refractivity contribution < 1.29 is 9.68 Å². The summed E-state index contributed by atoms with van der Waals surface area (Å²) < 4.78 is 6.05. The van der Waals surface area contributed by atoms with E-state index in [2.05, 4.69) is 15.9 Å². The van der Waals surface area contributed by atoms with E-state index in [4.69, 9.17) is 9.68 Å². The van der Waals surface area contributed by atoms with E-state index in [1.165, 1.54) is 0 Å². The van der Waals surface area contributed by atoms with Gasteiger partial charge in [0.2, 0.25) is 0 Å². The first-order chi connectivity index (χ1) is 7.83. The molecule has 0 aromatic heterocycles. The van der Waals surface area contributed by atoms with Crippen LogP contribution in [0.3, 0.4) is 0 Å². The van der Waals surface area contributed by atoms with Crippen LogP contribution in [0.2, 0.25) is 0 Å². The number of halogens is 1. The molecule has 0 spiro atoms. The average molecular weight is 276 g/mol. The van der Waals surface area contributed by atoms with E-state index in [0.29, 0.717) is 13.4 Å². The fourth-order valence-corrected chi connectivity index (χ4v) is 2.03. The van der Waals surface area contributed by atoms with E-state index in [9.17, 15) is 0 Å². The molecule has 0 heterocycles. The van der Waals surface area contributed by atoms with Crippen LogP contribution in [0.15, 0.2) is 53.0 Å². The standard InChI is InChI=1S/C12H9BBrO2/c14-11-7-3-1-5-9(11)10-6-2-4-8-12(10)16-13-15/h1-8,15H. The maximum Gasteiger partial charge on any atom is 0.569 e. The summed E-state index contributed by atoms with van der Waals surface area (Å²) in [5.41, 5.74) is 1.96. The monoisotopic (exact) mass is 275 g/mol. The molecule has 0 atom stereocenters. The van der Waals surface area contributed by atoms with Gasteiger partial charge < -0.3 is 9.68 Å². The molecule has 16 heavy (non-hydrogen) atoms. The topological polar surface area (TPSA) is 29.5 Å². The number of para-hydroxylation sites is 1. The number of benzene rings is 2. The molecule has 0 unspecified atom stereocenters. The summed E-state index contributed by atoms with van der Waals surface area (Å²) in [6.07, 6.45) is 0. The molecular weight excluding hydrogens is 267 g/mol. The fourth-order valence-electron chi connectivity index (χ4n) is 1.53. The summed E-state index contributed by atoms with van der Waals surface area (Å²) in [4.78, 5) is 0. The molecule has 79 valence electrons. The fraction of sp³-hybridized carbons (Fsp3) is 0. The van der Waals surface area contributed by atoms with E-state index < -0.39 is 0 Å². The molecule has 2 aromatic rings. The Hall–Kier alpha value is -1.26. The van der Waals surface area contributed by atoms with Crippen molar-refractivity contribution in [3.63, 3.8) is 0 Å². The molecule has 0 saturated heterocycles. The van der Waals surface area contributed by atoms with E-state index in [0.717, 1.165) is 15.6 Å². The van der Waals surface area contributed by atoms with E-state index in [1.54, 1.807) is 0 Å². The molecule has 4 heteroatoms. The lowest BCUT2D eigenvalue weighted by atomic mass is 10.0. The van der Waals surface area contributed by atoms with Crippen LogP contribution in [0, 0.1) is 0 Å². The summed E-state index contributed by atoms with van der Waals surface area (Å²) >= 11 is 3.49. The first-order valence-corrected chi connectivity index (χ1v) is 5.58. The van der Waals surface area contributed by atoms with Crippen LogP contribution in [-0.4, -0.2) is 12.7 Å². The lowest BCUT2D eigenvalue weighted by Gasteiger charge is -2.10. The Bertz CT molecular complexity index is 488. The highest BCUT2D eigenvalue weighted by atomic mass is 79.9. The molecule has 0 aliphatic rings. The van der Waals surface area contributed by atoms with Gasteiger partial charge in [-0.2, -0.15) is 0 Å². The maximum absolute atomic E-state index is 8.70. The van der Waals surface area contributed by atoms with Crippen molar-refractivity contribution in [2.45, 2.75) is 0 Å². The Morgan fingerprint density at radius 1 is 0.938 bits per heavy atom. The lowest BCUT2D eigenvalue weighted by molar-refractivity contribution is 0.455. The largest absolute Gasteiger partial charge is 0.569 e. The summed E-state index contributed by atoms with van der Waals surface area (Å²) in [5.74, 6) is 0.622. The van der Waals surface area contributed by atoms with Gasteiger partial charge in [0.25, 0.3) is 0 Å². The highest BCUT2D eigenvalue weighted by Crippen LogP contribution is 2.34. The molecule has 0 amide bonds. The molecular formula is C12H9BBrO2. The van der Waals surface area contributed by atoms with E-state index in [1.807, 2.05) is 48.5 Å². The smallest absolute Gasteiger partial charge is 0.537 e. The predicted octanol–water partition coefficient (Wildman–Crippen LogP) is 3.02. The van der Waals surface area contributed by atoms with Crippen LogP contribution in [0.1, 0.15) is 0 Å². The predicted molar refractivity (Wildman–Crippen MR) is 68.2 cm³/mol. The van der Waals surface area contributed by atoms with Gasteiger partial charge in [-0.25, -0.2) is 0 Å². The number of rotatable bonds is 3. The molecule has 0 fully saturated rings. The second-order valence-electron chi connectivity index (χ2n) is 3.20. The molecule has 1 N–H and O–H groups in total. The molecule has 0 aliphatic carbocycles. The van der Waals surface area contributed by atoms with Gasteiger partial charge in [0.1, 0.15) is 5.75 Å². The average Bonchev–Trinajstić information content (AvgIpc) is 2.31. The zero-order valence-corrected chi connectivity index (χ0v) is 10.0. The van der Waals surface area contributed by atoms with Gasteiger partial charge in [-0.1, -0.05) is 52.3 Å². The van der Waals surface area contributed by atoms with Crippen molar-refractivity contribution in [2.24, 2.45) is 0 Å². The highest BCUT2D eigenvalue weighted by molar-refractivity contribution is 9.10. The summed E-state index contributed by atoms with van der Waals surface area (Å²) in [5, 5.41) is 8.70. The van der Waals surface area contributed by atoms with Crippen molar-refractivity contribution in [1.29, 1.82) is 0 Å². The first kappa shape index (κ1) is 11.2. The van der Waals surface area contributed by atoms with Crippen molar-refractivity contribution in [3.8, 4) is 16.9 Å². The van der Waals surface area contributed by atoms with Crippen molar-refractivity contribution in [2.75, 3.05) is 0 Å². The minimum absolute atomic E-state index is 0.622. The van der Waals surface area contributed by atoms with Crippen molar-refractivity contribution in [1.82, 2.24) is 0 Å². The molecule has 0 bridgehead atoms. The van der Waals surface area contributed by atoms with Crippen LogP contribution in [0.4, 0.5) is 0 Å². The molecule has 2 aromatic carbocycles. The minimum Gasteiger partial charge on any atom is -0.537 e. The quantitative estimate of drug-likeness (QED) is 0.873. The second-order valence-corrected chi connectivity index (χ2v) is 4.05. The third kappa shape index (κ3) is 2.28. The SMILES string of the molecule is O[B]Oc1ccccc1-c1ccccc1Br. The Morgan fingerprint density at radius 3 is 2.25 bits per heavy atom. The zero-order valence-electron chi connectivity index (χ0n) is 8.43. The Kier molecular flexibility index (Phi) is 3.64.